The molecule has 0 fully saturated rings. The van der Waals surface area contributed by atoms with E-state index in [9.17, 15) is 4.79 Å². The summed E-state index contributed by atoms with van der Waals surface area (Å²) in [5.74, 6) is 0.779. The molecular formula is C25H36N2O2S. The molecule has 2 amide bonds. The van der Waals surface area contributed by atoms with Gasteiger partial charge in [0.1, 0.15) is 5.75 Å². The molecular weight excluding hydrogens is 392 g/mol. The van der Waals surface area contributed by atoms with Crippen molar-refractivity contribution in [1.29, 1.82) is 0 Å². The van der Waals surface area contributed by atoms with Crippen molar-refractivity contribution in [2.45, 2.75) is 64.7 Å². The number of hydrogen-bond acceptors (Lipinski definition) is 3. The second-order valence-electron chi connectivity index (χ2n) is 7.64. The van der Waals surface area contributed by atoms with Crippen LogP contribution in [0.15, 0.2) is 54.6 Å². The quantitative estimate of drug-likeness (QED) is 0.248. The number of carbonyl (C=O) groups is 1. The van der Waals surface area contributed by atoms with E-state index in [1.54, 1.807) is 0 Å². The lowest BCUT2D eigenvalue weighted by molar-refractivity contribution is 0.238. The summed E-state index contributed by atoms with van der Waals surface area (Å²) in [5, 5.41) is 2.89. The maximum Gasteiger partial charge on any atom is 0.331 e. The third kappa shape index (κ3) is 10.1. The SMILES string of the molecule is CCCCCCCN(S)C(=O)Nc1cccc(OCCCCCc2ccccc2)c1. The number of anilines is 1. The second-order valence-corrected chi connectivity index (χ2v) is 8.12. The number of benzene rings is 2. The zero-order valence-electron chi connectivity index (χ0n) is 18.2. The zero-order chi connectivity index (χ0) is 21.4. The molecule has 5 heteroatoms. The van der Waals surface area contributed by atoms with Crippen LogP contribution >= 0.6 is 12.8 Å². The normalized spacial score (nSPS) is 10.6. The van der Waals surface area contributed by atoms with E-state index in [1.807, 2.05) is 24.3 Å². The maximum absolute atomic E-state index is 12.3. The molecule has 2 aromatic rings. The van der Waals surface area contributed by atoms with Gasteiger partial charge in [-0.25, -0.2) is 4.79 Å². The number of nitrogens with zero attached hydrogens (tertiary/aromatic N) is 1. The highest BCUT2D eigenvalue weighted by Gasteiger charge is 2.10. The summed E-state index contributed by atoms with van der Waals surface area (Å²) in [6.45, 7) is 3.53. The van der Waals surface area contributed by atoms with Crippen molar-refractivity contribution in [3.05, 3.63) is 60.2 Å². The minimum atomic E-state index is -0.202. The Balaban J connectivity index is 1.63. The number of amides is 2. The van der Waals surface area contributed by atoms with Gasteiger partial charge in [0.2, 0.25) is 0 Å². The van der Waals surface area contributed by atoms with Crippen LogP contribution in [0.3, 0.4) is 0 Å². The fraction of sp³-hybridized carbons (Fsp3) is 0.480. The van der Waals surface area contributed by atoms with Gasteiger partial charge in [-0.3, -0.25) is 4.31 Å². The fourth-order valence-electron chi connectivity index (χ4n) is 3.26. The number of thiol groups is 1. The summed E-state index contributed by atoms with van der Waals surface area (Å²) in [5.41, 5.74) is 2.12. The fourth-order valence-corrected chi connectivity index (χ4v) is 3.45. The molecule has 0 atom stereocenters. The molecule has 0 aliphatic carbocycles. The number of rotatable bonds is 14. The number of ether oxygens (including phenoxy) is 1. The van der Waals surface area contributed by atoms with E-state index >= 15 is 0 Å². The largest absolute Gasteiger partial charge is 0.494 e. The van der Waals surface area contributed by atoms with Crippen LogP contribution < -0.4 is 10.1 Å². The summed E-state index contributed by atoms with van der Waals surface area (Å²) >= 11 is 4.31. The van der Waals surface area contributed by atoms with Gasteiger partial charge in [0.15, 0.2) is 0 Å². The minimum absolute atomic E-state index is 0.202. The van der Waals surface area contributed by atoms with Crippen molar-refractivity contribution in [1.82, 2.24) is 4.31 Å². The van der Waals surface area contributed by atoms with Crippen LogP contribution in [0, 0.1) is 0 Å². The van der Waals surface area contributed by atoms with Gasteiger partial charge in [-0.15, -0.1) is 0 Å². The Hall–Kier alpha value is -2.14. The number of urea groups is 1. The summed E-state index contributed by atoms with van der Waals surface area (Å²) in [6.07, 6.45) is 10.2. The van der Waals surface area contributed by atoms with Gasteiger partial charge in [-0.2, -0.15) is 0 Å². The molecule has 0 aromatic heterocycles. The molecule has 0 aliphatic heterocycles. The number of carbonyl (C=O) groups excluding carboxylic acids is 1. The molecule has 2 rings (SSSR count). The van der Waals surface area contributed by atoms with E-state index in [0.717, 1.165) is 43.5 Å². The average molecular weight is 429 g/mol. The lowest BCUT2D eigenvalue weighted by Crippen LogP contribution is -2.27. The van der Waals surface area contributed by atoms with E-state index in [-0.39, 0.29) is 6.03 Å². The summed E-state index contributed by atoms with van der Waals surface area (Å²) in [6, 6.07) is 17.9. The molecule has 0 unspecified atom stereocenters. The van der Waals surface area contributed by atoms with Crippen molar-refractivity contribution < 1.29 is 9.53 Å². The standard InChI is InChI=1S/C25H36N2O2S/c1-2-3-4-5-11-19-27(30)25(28)26-23-17-13-18-24(21-23)29-20-12-7-10-16-22-14-8-6-9-15-22/h6,8-9,13-15,17-18,21,30H,2-5,7,10-12,16,19-20H2,1H3,(H,26,28). The molecule has 164 valence electrons. The van der Waals surface area contributed by atoms with Crippen molar-refractivity contribution in [2.75, 3.05) is 18.5 Å². The predicted octanol–water partition coefficient (Wildman–Crippen LogP) is 7.13. The van der Waals surface area contributed by atoms with Crippen LogP contribution in [0.1, 0.15) is 63.9 Å². The molecule has 4 nitrogen and oxygen atoms in total. The Bertz CT molecular complexity index is 724. The molecule has 0 spiro atoms. The monoisotopic (exact) mass is 428 g/mol. The molecule has 0 aliphatic rings. The van der Waals surface area contributed by atoms with Crippen LogP contribution in [0.25, 0.3) is 0 Å². The zero-order valence-corrected chi connectivity index (χ0v) is 19.1. The Labute approximate surface area is 187 Å². The van der Waals surface area contributed by atoms with Gasteiger partial charge >= 0.3 is 6.03 Å². The van der Waals surface area contributed by atoms with E-state index in [0.29, 0.717) is 13.2 Å². The van der Waals surface area contributed by atoms with Crippen molar-refractivity contribution >= 4 is 24.5 Å². The predicted molar refractivity (Wildman–Crippen MR) is 129 cm³/mol. The summed E-state index contributed by atoms with van der Waals surface area (Å²) in [7, 11) is 0. The third-order valence-electron chi connectivity index (χ3n) is 5.01. The van der Waals surface area contributed by atoms with E-state index < -0.39 is 0 Å². The molecule has 0 heterocycles. The Morgan fingerprint density at radius 1 is 0.933 bits per heavy atom. The van der Waals surface area contributed by atoms with Gasteiger partial charge in [-0.05, 0) is 49.8 Å². The first-order valence-corrected chi connectivity index (χ1v) is 11.6. The van der Waals surface area contributed by atoms with Crippen molar-refractivity contribution in [2.24, 2.45) is 0 Å². The molecule has 2 aromatic carbocycles. The lowest BCUT2D eigenvalue weighted by atomic mass is 10.1. The van der Waals surface area contributed by atoms with Crippen LogP contribution in [0.4, 0.5) is 10.5 Å². The summed E-state index contributed by atoms with van der Waals surface area (Å²) in [4.78, 5) is 12.3. The first-order chi connectivity index (χ1) is 14.7. The Morgan fingerprint density at radius 3 is 2.50 bits per heavy atom. The van der Waals surface area contributed by atoms with E-state index in [4.69, 9.17) is 4.74 Å². The highest BCUT2D eigenvalue weighted by atomic mass is 32.1. The van der Waals surface area contributed by atoms with E-state index in [2.05, 4.69) is 55.4 Å². The minimum Gasteiger partial charge on any atom is -0.494 e. The first-order valence-electron chi connectivity index (χ1n) is 11.2. The molecule has 0 saturated heterocycles. The van der Waals surface area contributed by atoms with Crippen LogP contribution in [0.2, 0.25) is 0 Å². The smallest absolute Gasteiger partial charge is 0.331 e. The summed E-state index contributed by atoms with van der Waals surface area (Å²) < 4.78 is 7.31. The van der Waals surface area contributed by atoms with Crippen molar-refractivity contribution in [3.8, 4) is 5.75 Å². The van der Waals surface area contributed by atoms with Gasteiger partial charge in [-0.1, -0.05) is 81.8 Å². The van der Waals surface area contributed by atoms with Crippen LogP contribution in [-0.4, -0.2) is 23.5 Å². The van der Waals surface area contributed by atoms with Crippen molar-refractivity contribution in [3.63, 3.8) is 0 Å². The highest BCUT2D eigenvalue weighted by molar-refractivity contribution is 7.78. The number of hydrogen-bond donors (Lipinski definition) is 2. The molecule has 0 bridgehead atoms. The molecule has 0 saturated carbocycles. The number of aryl methyl sites for hydroxylation is 1. The lowest BCUT2D eigenvalue weighted by Gasteiger charge is -2.17. The Kier molecular flexibility index (Phi) is 11.9. The molecule has 1 N–H and O–H groups in total. The van der Waals surface area contributed by atoms with Crippen LogP contribution in [-0.2, 0) is 6.42 Å². The van der Waals surface area contributed by atoms with Gasteiger partial charge in [0.05, 0.1) is 6.61 Å². The van der Waals surface area contributed by atoms with Gasteiger partial charge in [0, 0.05) is 18.3 Å². The van der Waals surface area contributed by atoms with Gasteiger partial charge < -0.3 is 10.1 Å². The van der Waals surface area contributed by atoms with Gasteiger partial charge in [0.25, 0.3) is 0 Å². The Morgan fingerprint density at radius 2 is 1.70 bits per heavy atom. The second kappa shape index (κ2) is 14.8. The third-order valence-corrected chi connectivity index (χ3v) is 5.40. The topological polar surface area (TPSA) is 41.6 Å². The average Bonchev–Trinajstić information content (AvgIpc) is 2.77. The number of unbranched alkanes of at least 4 members (excludes halogenated alkanes) is 6. The molecule has 0 radical (unpaired) electrons. The molecule has 30 heavy (non-hydrogen) atoms. The number of nitrogens with one attached hydrogen (secondary N) is 1. The maximum atomic E-state index is 12.3. The highest BCUT2D eigenvalue weighted by Crippen LogP contribution is 2.19. The first kappa shape index (κ1) is 24.1. The van der Waals surface area contributed by atoms with E-state index in [1.165, 1.54) is 35.6 Å². The van der Waals surface area contributed by atoms with Crippen LogP contribution in [0.5, 0.6) is 5.75 Å².